The highest BCUT2D eigenvalue weighted by Gasteiger charge is 2.26. The molecule has 0 fully saturated rings. The average molecular weight is 841 g/mol. The van der Waals surface area contributed by atoms with E-state index in [1.54, 1.807) is 0 Å². The van der Waals surface area contributed by atoms with Crippen LogP contribution >= 0.6 is 0 Å². The lowest BCUT2D eigenvalue weighted by molar-refractivity contribution is 0.767. The molecule has 0 aliphatic carbocycles. The number of aryl methyl sites for hydroxylation is 2. The topological polar surface area (TPSA) is 6.48 Å². The number of nitrogens with zero attached hydrogens (tertiary/aromatic N) is 2. The van der Waals surface area contributed by atoms with Gasteiger partial charge in [-0.15, -0.1) is 0 Å². The highest BCUT2D eigenvalue weighted by molar-refractivity contribution is 6.32. The Morgan fingerprint density at radius 3 is 1.12 bits per heavy atom. The molecule has 66 heavy (non-hydrogen) atoms. The molecule has 0 aromatic heterocycles. The van der Waals surface area contributed by atoms with Crippen LogP contribution in [0, 0.1) is 0 Å². The van der Waals surface area contributed by atoms with Crippen molar-refractivity contribution >= 4 is 109 Å². The van der Waals surface area contributed by atoms with Crippen molar-refractivity contribution in [3.05, 3.63) is 205 Å². The van der Waals surface area contributed by atoms with Crippen molar-refractivity contribution in [2.45, 2.75) is 25.7 Å². The molecule has 15 rings (SSSR count). The maximum absolute atomic E-state index is 2.57. The van der Waals surface area contributed by atoms with Gasteiger partial charge in [0.05, 0.1) is 0 Å². The summed E-state index contributed by atoms with van der Waals surface area (Å²) in [5.41, 5.74) is 13.2. The molecule has 0 atom stereocenters. The fourth-order valence-electron chi connectivity index (χ4n) is 12.6. The number of hydrogen-bond acceptors (Lipinski definition) is 2. The minimum absolute atomic E-state index is 0.993. The van der Waals surface area contributed by atoms with Crippen molar-refractivity contribution < 1.29 is 0 Å². The summed E-state index contributed by atoms with van der Waals surface area (Å²) >= 11 is 0. The molecular formula is C64H44N2. The van der Waals surface area contributed by atoms with Crippen LogP contribution in [0.4, 0.5) is 22.7 Å². The van der Waals surface area contributed by atoms with Gasteiger partial charge in [-0.1, -0.05) is 158 Å². The third kappa shape index (κ3) is 5.13. The third-order valence-corrected chi connectivity index (χ3v) is 15.5. The molecule has 0 saturated heterocycles. The van der Waals surface area contributed by atoms with E-state index in [2.05, 4.69) is 204 Å². The zero-order valence-electron chi connectivity index (χ0n) is 36.6. The van der Waals surface area contributed by atoms with Gasteiger partial charge in [-0.25, -0.2) is 0 Å². The molecule has 0 radical (unpaired) electrons. The molecule has 0 unspecified atom stereocenters. The van der Waals surface area contributed by atoms with E-state index >= 15 is 0 Å². The molecule has 0 spiro atoms. The van der Waals surface area contributed by atoms with Gasteiger partial charge >= 0.3 is 0 Å². The minimum Gasteiger partial charge on any atom is -0.341 e. The number of anilines is 4. The Hall–Kier alpha value is -7.94. The van der Waals surface area contributed by atoms with Crippen LogP contribution in [0.25, 0.3) is 108 Å². The largest absolute Gasteiger partial charge is 0.341 e. The Morgan fingerprint density at radius 2 is 0.667 bits per heavy atom. The van der Waals surface area contributed by atoms with Crippen molar-refractivity contribution in [3.63, 3.8) is 0 Å². The number of rotatable bonds is 4. The zero-order valence-corrected chi connectivity index (χ0v) is 36.6. The summed E-state index contributed by atoms with van der Waals surface area (Å²) in [5.74, 6) is 0. The van der Waals surface area contributed by atoms with E-state index in [0.29, 0.717) is 0 Å². The van der Waals surface area contributed by atoms with Gasteiger partial charge in [0.15, 0.2) is 0 Å². The van der Waals surface area contributed by atoms with E-state index in [4.69, 9.17) is 0 Å². The predicted octanol–water partition coefficient (Wildman–Crippen LogP) is 17.3. The monoisotopic (exact) mass is 840 g/mol. The van der Waals surface area contributed by atoms with E-state index in [9.17, 15) is 0 Å². The van der Waals surface area contributed by atoms with Gasteiger partial charge in [0, 0.05) is 35.8 Å². The third-order valence-electron chi connectivity index (χ3n) is 15.5. The quantitative estimate of drug-likeness (QED) is 0.129. The van der Waals surface area contributed by atoms with E-state index in [-0.39, 0.29) is 0 Å². The maximum atomic E-state index is 2.57. The van der Waals surface area contributed by atoms with Crippen LogP contribution in [0.1, 0.15) is 24.0 Å². The van der Waals surface area contributed by atoms with Gasteiger partial charge < -0.3 is 9.80 Å². The van der Waals surface area contributed by atoms with Gasteiger partial charge in [-0.2, -0.15) is 0 Å². The van der Waals surface area contributed by atoms with Crippen molar-refractivity contribution in [2.75, 3.05) is 22.9 Å². The first-order valence-electron chi connectivity index (χ1n) is 23.8. The van der Waals surface area contributed by atoms with E-state index in [1.165, 1.54) is 142 Å². The summed E-state index contributed by atoms with van der Waals surface area (Å²) < 4.78 is 0. The van der Waals surface area contributed by atoms with Crippen LogP contribution in [0.3, 0.4) is 0 Å². The Bertz CT molecular complexity index is 3840. The Kier molecular flexibility index (Phi) is 7.60. The van der Waals surface area contributed by atoms with Gasteiger partial charge in [-0.3, -0.25) is 0 Å². The van der Waals surface area contributed by atoms with Gasteiger partial charge in [0.25, 0.3) is 0 Å². The molecule has 13 aromatic carbocycles. The van der Waals surface area contributed by atoms with Crippen molar-refractivity contribution in [3.8, 4) is 22.3 Å². The fourth-order valence-corrected chi connectivity index (χ4v) is 12.6. The molecular weight excluding hydrogens is 797 g/mol. The summed E-state index contributed by atoms with van der Waals surface area (Å²) in [4.78, 5) is 5.15. The lowest BCUT2D eigenvalue weighted by atomic mass is 9.81. The highest BCUT2D eigenvalue weighted by atomic mass is 15.1. The maximum Gasteiger partial charge on any atom is 0.0443 e. The molecule has 13 aromatic rings. The molecule has 310 valence electrons. The first kappa shape index (κ1) is 36.4. The van der Waals surface area contributed by atoms with Crippen LogP contribution in [-0.2, 0) is 12.8 Å². The molecule has 2 heterocycles. The highest BCUT2D eigenvalue weighted by Crippen LogP contribution is 2.52. The second-order valence-corrected chi connectivity index (χ2v) is 18.9. The Labute approximate surface area is 383 Å². The lowest BCUT2D eigenvalue weighted by Gasteiger charge is -2.33. The van der Waals surface area contributed by atoms with Gasteiger partial charge in [0.2, 0.25) is 0 Å². The van der Waals surface area contributed by atoms with Gasteiger partial charge in [-0.05, 0) is 182 Å². The van der Waals surface area contributed by atoms with Crippen LogP contribution < -0.4 is 9.80 Å². The van der Waals surface area contributed by atoms with Crippen LogP contribution in [0.5, 0.6) is 0 Å². The molecule has 0 bridgehead atoms. The van der Waals surface area contributed by atoms with E-state index in [0.717, 1.165) is 38.8 Å². The van der Waals surface area contributed by atoms with E-state index < -0.39 is 0 Å². The number of hydrogen-bond donors (Lipinski definition) is 0. The number of para-hydroxylation sites is 2. The molecule has 2 heteroatoms. The second-order valence-electron chi connectivity index (χ2n) is 18.9. The lowest BCUT2D eigenvalue weighted by Crippen LogP contribution is -2.24. The molecule has 2 aliphatic heterocycles. The molecule has 2 aliphatic rings. The normalized spacial score (nSPS) is 14.2. The van der Waals surface area contributed by atoms with E-state index in [1.807, 2.05) is 0 Å². The van der Waals surface area contributed by atoms with Crippen LogP contribution in [0.15, 0.2) is 194 Å². The summed E-state index contributed by atoms with van der Waals surface area (Å²) in [7, 11) is 0. The predicted molar refractivity (Wildman–Crippen MR) is 283 cm³/mol. The van der Waals surface area contributed by atoms with Crippen molar-refractivity contribution in [1.29, 1.82) is 0 Å². The van der Waals surface area contributed by atoms with Gasteiger partial charge in [0.1, 0.15) is 0 Å². The SMILES string of the molecule is c1ccc2c(c1)CCCN2c1ccc2c(-c3ccc4ccc5cccc6ccc3c4c56)c3cc(N4CCCc5ccccc54)ccc3c(-c3ccc4ccc5cccc6ccc3c4c56)c2c1. The van der Waals surface area contributed by atoms with Crippen molar-refractivity contribution in [2.24, 2.45) is 0 Å². The summed E-state index contributed by atoms with van der Waals surface area (Å²) in [6.45, 7) is 1.99. The van der Waals surface area contributed by atoms with Crippen LogP contribution in [0.2, 0.25) is 0 Å². The standard InChI is InChI=1S/C64H44N2/c1-3-17-57-39(9-1)15-7-35-65(57)47-27-33-53-55(37-47)63(51-31-25-45-21-19-41-11-5-13-43-23-29-49(51)61(45)59(41)43)54-34-28-48(66-36-8-16-40-10-2-4-18-58(40)66)38-56(54)64(53)52-32-26-46-22-20-42-12-6-14-44-24-30-50(52)62(46)60(42)44/h1-6,9-14,17-34,37-38H,7-8,15-16,35-36H2. The Morgan fingerprint density at radius 1 is 0.288 bits per heavy atom. The first-order chi connectivity index (χ1) is 32.7. The molecule has 0 saturated carbocycles. The van der Waals surface area contributed by atoms with Crippen molar-refractivity contribution in [1.82, 2.24) is 0 Å². The first-order valence-corrected chi connectivity index (χ1v) is 23.8. The summed E-state index contributed by atoms with van der Waals surface area (Å²) in [6.07, 6.45) is 4.49. The molecule has 0 N–H and O–H groups in total. The minimum atomic E-state index is 0.993. The smallest absolute Gasteiger partial charge is 0.0443 e. The summed E-state index contributed by atoms with van der Waals surface area (Å²) in [6, 6.07) is 74.7. The molecule has 0 amide bonds. The molecule has 2 nitrogen and oxygen atoms in total. The fraction of sp³-hybridized carbons (Fsp3) is 0.0938. The second kappa shape index (κ2) is 13.8. The van der Waals surface area contributed by atoms with Crippen LogP contribution in [-0.4, -0.2) is 13.1 Å². The zero-order chi connectivity index (χ0) is 43.0. The Balaban J connectivity index is 1.11. The number of fused-ring (bicyclic) bond motifs is 4. The number of benzene rings is 13. The average Bonchev–Trinajstić information content (AvgIpc) is 3.38. The summed E-state index contributed by atoms with van der Waals surface area (Å²) in [5, 5.41) is 20.9.